The zero-order valence-corrected chi connectivity index (χ0v) is 9.15. The number of nitrogens with two attached hydrogens (primary N) is 1. The number of alkyl halides is 3. The lowest BCUT2D eigenvalue weighted by Crippen LogP contribution is -2.06. The van der Waals surface area contributed by atoms with Crippen molar-refractivity contribution in [1.29, 1.82) is 0 Å². The van der Waals surface area contributed by atoms with Crippen molar-refractivity contribution in [3.63, 3.8) is 0 Å². The molecule has 0 spiro atoms. The van der Waals surface area contributed by atoms with Crippen molar-refractivity contribution in [2.24, 2.45) is 11.7 Å². The Morgan fingerprint density at radius 2 is 2.00 bits per heavy atom. The first-order valence-corrected chi connectivity index (χ1v) is 5.37. The van der Waals surface area contributed by atoms with E-state index in [1.165, 1.54) is 6.07 Å². The lowest BCUT2D eigenvalue weighted by atomic mass is 10.1. The third-order valence-corrected chi connectivity index (χ3v) is 3.12. The van der Waals surface area contributed by atoms with Gasteiger partial charge in [0.25, 0.3) is 0 Å². The third-order valence-electron chi connectivity index (χ3n) is 2.90. The van der Waals surface area contributed by atoms with Gasteiger partial charge in [-0.05, 0) is 48.6 Å². The molecule has 0 bridgehead atoms. The van der Waals surface area contributed by atoms with Crippen LogP contribution in [0.1, 0.15) is 23.5 Å². The maximum Gasteiger partial charge on any atom is 0.416 e. The quantitative estimate of drug-likeness (QED) is 0.854. The molecular formula is C11H11ClF3N. The van der Waals surface area contributed by atoms with Gasteiger partial charge in [-0.2, -0.15) is 13.2 Å². The van der Waals surface area contributed by atoms with E-state index in [1.54, 1.807) is 6.07 Å². The Labute approximate surface area is 96.4 Å². The van der Waals surface area contributed by atoms with Crippen LogP contribution in [0.2, 0.25) is 5.02 Å². The van der Waals surface area contributed by atoms with Crippen LogP contribution in [0.25, 0.3) is 0 Å². The van der Waals surface area contributed by atoms with Crippen molar-refractivity contribution >= 4 is 11.6 Å². The molecule has 2 atom stereocenters. The van der Waals surface area contributed by atoms with Gasteiger partial charge in [0.1, 0.15) is 0 Å². The van der Waals surface area contributed by atoms with Crippen molar-refractivity contribution in [3.05, 3.63) is 34.3 Å². The molecule has 1 nitrogen and oxygen atoms in total. The highest BCUT2D eigenvalue weighted by Gasteiger charge is 2.39. The fourth-order valence-corrected chi connectivity index (χ4v) is 2.15. The topological polar surface area (TPSA) is 26.0 Å². The summed E-state index contributed by atoms with van der Waals surface area (Å²) in [7, 11) is 0. The van der Waals surface area contributed by atoms with E-state index in [-0.39, 0.29) is 10.9 Å². The van der Waals surface area contributed by atoms with E-state index < -0.39 is 11.7 Å². The predicted molar refractivity (Wildman–Crippen MR) is 56.4 cm³/mol. The molecule has 2 rings (SSSR count). The summed E-state index contributed by atoms with van der Waals surface area (Å²) < 4.78 is 37.6. The van der Waals surface area contributed by atoms with Gasteiger partial charge in [0.15, 0.2) is 0 Å². The number of benzene rings is 1. The fraction of sp³-hybridized carbons (Fsp3) is 0.455. The summed E-state index contributed by atoms with van der Waals surface area (Å²) in [6.45, 7) is 0.512. The van der Waals surface area contributed by atoms with Crippen molar-refractivity contribution < 1.29 is 13.2 Å². The normalized spacial score (nSPS) is 24.6. The number of hydrogen-bond donors (Lipinski definition) is 1. The molecule has 1 aromatic carbocycles. The molecule has 88 valence electrons. The minimum absolute atomic E-state index is 0.132. The summed E-state index contributed by atoms with van der Waals surface area (Å²) in [5, 5.41) is 0.132. The zero-order valence-electron chi connectivity index (χ0n) is 8.39. The lowest BCUT2D eigenvalue weighted by molar-refractivity contribution is -0.137. The number of rotatable bonds is 2. The summed E-state index contributed by atoms with van der Waals surface area (Å²) in [5.74, 6) is 0.448. The van der Waals surface area contributed by atoms with Gasteiger partial charge in [0, 0.05) is 5.02 Å². The van der Waals surface area contributed by atoms with Crippen molar-refractivity contribution in [2.45, 2.75) is 18.5 Å². The first-order valence-electron chi connectivity index (χ1n) is 4.99. The summed E-state index contributed by atoms with van der Waals surface area (Å²) in [4.78, 5) is 0. The first kappa shape index (κ1) is 11.7. The maximum atomic E-state index is 12.5. The van der Waals surface area contributed by atoms with Gasteiger partial charge in [-0.25, -0.2) is 0 Å². The van der Waals surface area contributed by atoms with Crippen LogP contribution in [-0.2, 0) is 6.18 Å². The van der Waals surface area contributed by atoms with Crippen LogP contribution >= 0.6 is 11.6 Å². The van der Waals surface area contributed by atoms with Crippen molar-refractivity contribution in [3.8, 4) is 0 Å². The lowest BCUT2D eigenvalue weighted by Gasteiger charge is -2.09. The highest BCUT2D eigenvalue weighted by molar-refractivity contribution is 6.30. The molecule has 2 N–H and O–H groups in total. The Morgan fingerprint density at radius 1 is 1.31 bits per heavy atom. The molecule has 1 saturated carbocycles. The van der Waals surface area contributed by atoms with E-state index in [2.05, 4.69) is 0 Å². The predicted octanol–water partition coefficient (Wildman–Crippen LogP) is 3.42. The van der Waals surface area contributed by atoms with Gasteiger partial charge < -0.3 is 5.73 Å². The first-order chi connectivity index (χ1) is 7.41. The van der Waals surface area contributed by atoms with Crippen LogP contribution in [0.4, 0.5) is 13.2 Å². The van der Waals surface area contributed by atoms with E-state index in [0.717, 1.165) is 12.5 Å². The Kier molecular flexibility index (Phi) is 2.88. The molecule has 0 amide bonds. The Morgan fingerprint density at radius 3 is 2.50 bits per heavy atom. The average molecular weight is 250 g/mol. The standard InChI is InChI=1S/C11H11ClF3N/c12-9-2-6(10-3-7(10)5-16)1-8(4-9)11(13,14)15/h1-2,4,7,10H,3,5,16H2/t7-,10-/m0/s1. The molecule has 1 aromatic rings. The molecule has 0 heterocycles. The van der Waals surface area contributed by atoms with Crippen LogP contribution in [0, 0.1) is 5.92 Å². The summed E-state index contributed by atoms with van der Waals surface area (Å²) >= 11 is 5.69. The minimum atomic E-state index is -4.34. The zero-order chi connectivity index (χ0) is 11.9. The molecule has 1 fully saturated rings. The van der Waals surface area contributed by atoms with Gasteiger partial charge >= 0.3 is 6.18 Å². The Bertz CT molecular complexity index is 403. The Hall–Kier alpha value is -0.740. The van der Waals surface area contributed by atoms with Gasteiger partial charge in [0.05, 0.1) is 5.56 Å². The van der Waals surface area contributed by atoms with Gasteiger partial charge in [-0.15, -0.1) is 0 Å². The number of halogens is 4. The molecule has 1 aliphatic rings. The molecular weight excluding hydrogens is 239 g/mol. The van der Waals surface area contributed by atoms with E-state index in [9.17, 15) is 13.2 Å². The van der Waals surface area contributed by atoms with E-state index in [0.29, 0.717) is 18.0 Å². The Balaban J connectivity index is 2.31. The van der Waals surface area contributed by atoms with Crippen LogP contribution in [0.15, 0.2) is 18.2 Å². The van der Waals surface area contributed by atoms with Crippen LogP contribution in [-0.4, -0.2) is 6.54 Å². The fourth-order valence-electron chi connectivity index (χ4n) is 1.91. The molecule has 5 heteroatoms. The summed E-state index contributed by atoms with van der Waals surface area (Å²) in [6, 6.07) is 3.72. The minimum Gasteiger partial charge on any atom is -0.330 e. The average Bonchev–Trinajstić information content (AvgIpc) is 2.94. The molecule has 0 unspecified atom stereocenters. The molecule has 0 aliphatic heterocycles. The SMILES string of the molecule is NC[C@@H]1C[C@H]1c1cc(Cl)cc(C(F)(F)F)c1. The maximum absolute atomic E-state index is 12.5. The van der Waals surface area contributed by atoms with Crippen LogP contribution < -0.4 is 5.73 Å². The third kappa shape index (κ3) is 2.33. The van der Waals surface area contributed by atoms with Gasteiger partial charge in [0.2, 0.25) is 0 Å². The molecule has 16 heavy (non-hydrogen) atoms. The largest absolute Gasteiger partial charge is 0.416 e. The molecule has 0 radical (unpaired) electrons. The smallest absolute Gasteiger partial charge is 0.330 e. The second kappa shape index (κ2) is 3.93. The summed E-state index contributed by atoms with van der Waals surface area (Å²) in [6.07, 6.45) is -3.49. The highest BCUT2D eigenvalue weighted by atomic mass is 35.5. The van der Waals surface area contributed by atoms with Crippen LogP contribution in [0.3, 0.4) is 0 Å². The van der Waals surface area contributed by atoms with Crippen molar-refractivity contribution in [2.75, 3.05) is 6.54 Å². The molecule has 0 saturated heterocycles. The van der Waals surface area contributed by atoms with Gasteiger partial charge in [-0.3, -0.25) is 0 Å². The monoisotopic (exact) mass is 249 g/mol. The van der Waals surface area contributed by atoms with Crippen LogP contribution in [0.5, 0.6) is 0 Å². The number of hydrogen-bond acceptors (Lipinski definition) is 1. The van der Waals surface area contributed by atoms with E-state index in [1.807, 2.05) is 0 Å². The second-order valence-corrected chi connectivity index (χ2v) is 4.55. The molecule has 1 aliphatic carbocycles. The van der Waals surface area contributed by atoms with Crippen molar-refractivity contribution in [1.82, 2.24) is 0 Å². The van der Waals surface area contributed by atoms with Gasteiger partial charge in [-0.1, -0.05) is 11.6 Å². The van der Waals surface area contributed by atoms with E-state index in [4.69, 9.17) is 17.3 Å². The highest BCUT2D eigenvalue weighted by Crippen LogP contribution is 2.48. The second-order valence-electron chi connectivity index (χ2n) is 4.11. The molecule has 0 aromatic heterocycles. The van der Waals surface area contributed by atoms with E-state index >= 15 is 0 Å². The summed E-state index contributed by atoms with van der Waals surface area (Å²) in [5.41, 5.74) is 5.43.